The van der Waals surface area contributed by atoms with Crippen LogP contribution in [0.3, 0.4) is 0 Å². The van der Waals surface area contributed by atoms with Crippen LogP contribution in [-0.4, -0.2) is 18.3 Å². The average molecular weight is 1650 g/mol. The third kappa shape index (κ3) is 11.8. The molecule has 1 saturated heterocycles. The van der Waals surface area contributed by atoms with Crippen molar-refractivity contribution in [3.05, 3.63) is 415 Å². The largest absolute Gasteiger partial charge is 0.494 e. The Morgan fingerprint density at radius 3 is 0.823 bits per heavy atom. The molecule has 22 aromatic rings. The minimum absolute atomic E-state index is 0.120. The Morgan fingerprint density at radius 1 is 0.194 bits per heavy atom. The summed E-state index contributed by atoms with van der Waals surface area (Å²) in [6, 6.07) is 143. The fourth-order valence-electron chi connectivity index (χ4n) is 21.3. The molecule has 0 unspecified atom stereocenters. The summed E-state index contributed by atoms with van der Waals surface area (Å²) in [5.74, 6) is 0. The highest BCUT2D eigenvalue weighted by Crippen LogP contribution is 2.56. The third-order valence-electron chi connectivity index (χ3n) is 28.3. The maximum atomic E-state index is 6.39. The van der Waals surface area contributed by atoms with Gasteiger partial charge in [-0.2, -0.15) is 0 Å². The van der Waals surface area contributed by atoms with Gasteiger partial charge < -0.3 is 9.31 Å². The van der Waals surface area contributed by atoms with Crippen molar-refractivity contribution in [2.24, 2.45) is 0 Å². The average Bonchev–Trinajstić information content (AvgIpc) is 1.53. The molecule has 4 heteroatoms. The Hall–Kier alpha value is -13.6. The molecule has 2 nitrogen and oxygen atoms in total. The topological polar surface area (TPSA) is 18.5 Å². The maximum absolute atomic E-state index is 6.39. The van der Waals surface area contributed by atoms with E-state index < -0.39 is 0 Å². The molecule has 124 heavy (non-hydrogen) atoms. The zero-order chi connectivity index (χ0) is 83.6. The quantitative estimate of drug-likeness (QED) is 0.0938. The molecular weight excluding hydrogens is 1560 g/mol. The van der Waals surface area contributed by atoms with Gasteiger partial charge in [0, 0.05) is 15.3 Å². The summed E-state index contributed by atoms with van der Waals surface area (Å²) < 4.78 is 13.9. The fraction of sp³-hybridized carbons (Fsp3) is 0.100. The van der Waals surface area contributed by atoms with Gasteiger partial charge in [-0.05, 0) is 309 Å². The van der Waals surface area contributed by atoms with Crippen LogP contribution in [0.4, 0.5) is 0 Å². The van der Waals surface area contributed by atoms with E-state index in [2.05, 4.69) is 460 Å². The minimum Gasteiger partial charge on any atom is -0.399 e. The first kappa shape index (κ1) is 75.4. The molecular formula is C120H88BBrO2. The van der Waals surface area contributed by atoms with Crippen LogP contribution < -0.4 is 5.46 Å². The molecule has 590 valence electrons. The Labute approximate surface area is 731 Å². The molecule has 0 radical (unpaired) electrons. The predicted octanol–water partition coefficient (Wildman–Crippen LogP) is 32.9. The van der Waals surface area contributed by atoms with E-state index in [4.69, 9.17) is 9.31 Å². The minimum atomic E-state index is -0.355. The molecule has 3 aliphatic rings. The standard InChI is InChI=1S/C57H38.C33H31BO2.C30H19Br/c1-57(2)53-32-38(30-31-45(53)52-33-50-43-19-7-5-17-41(43)42-18-6-8-20-44(42)51(50)34-54(52)57)56-48-23-11-9-21-46(48)55(47-22-10-12-24-49(47)56)37-28-26-36(27-29-37)40-25-13-15-35-14-3-4-16-39(35)40;1-31(2)29-17-20(34-35-32(3,4)33(5,6)36-34)15-16-25(29)28-18-26-23-13-9-7-11-21(23)22-12-8-10-14-24(22)27(26)19-30(28)31;31-30-27-13-5-3-11-25(27)29(26-12-4-6-14-28(26)30)22-18-16-21(17-19-22)24-15-7-9-20-8-1-2-10-23(20)24/h3-34H,1-2H3;7-19H,1-6H3;1-19H. The van der Waals surface area contributed by atoms with Crippen molar-refractivity contribution in [3.63, 3.8) is 0 Å². The summed E-state index contributed by atoms with van der Waals surface area (Å²) in [4.78, 5) is 0. The Balaban J connectivity index is 0.000000114. The monoisotopic (exact) mass is 1650 g/mol. The van der Waals surface area contributed by atoms with Crippen molar-refractivity contribution in [1.29, 1.82) is 0 Å². The molecule has 0 aromatic heterocycles. The van der Waals surface area contributed by atoms with E-state index in [0.717, 1.165) is 9.94 Å². The van der Waals surface area contributed by atoms with Crippen LogP contribution in [0.5, 0.6) is 0 Å². The van der Waals surface area contributed by atoms with Gasteiger partial charge in [0.15, 0.2) is 0 Å². The lowest BCUT2D eigenvalue weighted by Gasteiger charge is -2.32. The molecule has 25 rings (SSSR count). The second-order valence-corrected chi connectivity index (χ2v) is 37.1. The highest BCUT2D eigenvalue weighted by Gasteiger charge is 2.52. The summed E-state index contributed by atoms with van der Waals surface area (Å²) in [7, 11) is -0.355. The fourth-order valence-corrected chi connectivity index (χ4v) is 22.0. The summed E-state index contributed by atoms with van der Waals surface area (Å²) >= 11 is 3.85. The van der Waals surface area contributed by atoms with Crippen molar-refractivity contribution < 1.29 is 9.31 Å². The molecule has 1 aliphatic heterocycles. The molecule has 0 saturated carbocycles. The van der Waals surface area contributed by atoms with Crippen LogP contribution in [0.1, 0.15) is 77.6 Å². The lowest BCUT2D eigenvalue weighted by atomic mass is 9.74. The van der Waals surface area contributed by atoms with Crippen molar-refractivity contribution in [2.45, 2.75) is 77.4 Å². The van der Waals surface area contributed by atoms with Crippen LogP contribution in [0.15, 0.2) is 393 Å². The van der Waals surface area contributed by atoms with E-state index in [1.807, 2.05) is 0 Å². The first-order chi connectivity index (χ1) is 60.4. The van der Waals surface area contributed by atoms with Crippen LogP contribution in [0, 0.1) is 0 Å². The van der Waals surface area contributed by atoms with Crippen LogP contribution in [-0.2, 0) is 20.1 Å². The van der Waals surface area contributed by atoms with E-state index in [-0.39, 0.29) is 29.2 Å². The molecule has 0 spiro atoms. The number of hydrogen-bond acceptors (Lipinski definition) is 2. The van der Waals surface area contributed by atoms with Crippen LogP contribution in [0.25, 0.3) is 207 Å². The molecule has 0 bridgehead atoms. The number of halogens is 1. The molecule has 0 amide bonds. The summed E-state index contributed by atoms with van der Waals surface area (Å²) in [6.07, 6.45) is 0. The van der Waals surface area contributed by atoms with E-state index in [1.165, 1.54) is 229 Å². The number of rotatable bonds is 6. The van der Waals surface area contributed by atoms with Crippen molar-refractivity contribution in [3.8, 4) is 77.9 Å². The van der Waals surface area contributed by atoms with Gasteiger partial charge >= 0.3 is 7.12 Å². The van der Waals surface area contributed by atoms with Gasteiger partial charge in [-0.15, -0.1) is 0 Å². The van der Waals surface area contributed by atoms with E-state index >= 15 is 0 Å². The first-order valence-electron chi connectivity index (χ1n) is 43.5. The lowest BCUT2D eigenvalue weighted by Crippen LogP contribution is -2.41. The molecule has 0 atom stereocenters. The lowest BCUT2D eigenvalue weighted by molar-refractivity contribution is 0.00578. The van der Waals surface area contributed by atoms with Gasteiger partial charge in [0.05, 0.1) is 11.2 Å². The molecule has 1 heterocycles. The zero-order valence-electron chi connectivity index (χ0n) is 70.7. The highest BCUT2D eigenvalue weighted by atomic mass is 79.9. The molecule has 1 fully saturated rings. The molecule has 22 aromatic carbocycles. The van der Waals surface area contributed by atoms with E-state index in [1.54, 1.807) is 0 Å². The van der Waals surface area contributed by atoms with Crippen molar-refractivity contribution >= 4 is 158 Å². The SMILES string of the molecule is Brc1c2ccccc2c(-c2ccc(-c3cccc4ccccc34)cc2)c2ccccc12.CC1(C)c2cc(-c3c4ccccc4c(-c4ccc(-c5cccc6ccccc56)cc4)c4ccccc34)ccc2-c2cc3c4ccccc4c4ccccc4c3cc21.CC1(C)c2cc(B3OC(C)(C)C(C)(C)O3)ccc2-c2cc3c4ccccc4c4ccccc4c3cc21. The van der Waals surface area contributed by atoms with Gasteiger partial charge in [-0.1, -0.05) is 386 Å². The van der Waals surface area contributed by atoms with Crippen molar-refractivity contribution in [2.75, 3.05) is 0 Å². The number of fused-ring (bicyclic) bond motifs is 24. The summed E-state index contributed by atoms with van der Waals surface area (Å²) in [6.45, 7) is 18.0. The van der Waals surface area contributed by atoms with E-state index in [9.17, 15) is 0 Å². The van der Waals surface area contributed by atoms with Gasteiger partial charge in [0.1, 0.15) is 0 Å². The normalized spacial score (nSPS) is 14.5. The first-order valence-corrected chi connectivity index (χ1v) is 44.3. The zero-order valence-corrected chi connectivity index (χ0v) is 72.3. The third-order valence-corrected chi connectivity index (χ3v) is 29.1. The van der Waals surface area contributed by atoms with Gasteiger partial charge in [0.2, 0.25) is 0 Å². The van der Waals surface area contributed by atoms with Crippen LogP contribution >= 0.6 is 15.9 Å². The molecule has 0 N–H and O–H groups in total. The summed E-state index contributed by atoms with van der Waals surface area (Å²) in [5, 5.41) is 31.1. The number of hydrogen-bond donors (Lipinski definition) is 0. The summed E-state index contributed by atoms with van der Waals surface area (Å²) in [5.41, 5.74) is 23.6. The van der Waals surface area contributed by atoms with Crippen molar-refractivity contribution in [1.82, 2.24) is 0 Å². The highest BCUT2D eigenvalue weighted by molar-refractivity contribution is 9.10. The predicted molar refractivity (Wildman–Crippen MR) is 535 cm³/mol. The smallest absolute Gasteiger partial charge is 0.399 e. The Kier molecular flexibility index (Phi) is 17.5. The maximum Gasteiger partial charge on any atom is 0.494 e. The Bertz CT molecular complexity index is 8110. The van der Waals surface area contributed by atoms with Gasteiger partial charge in [0.25, 0.3) is 0 Å². The van der Waals surface area contributed by atoms with Gasteiger partial charge in [-0.3, -0.25) is 0 Å². The second-order valence-electron chi connectivity index (χ2n) is 36.3. The van der Waals surface area contributed by atoms with E-state index in [0.29, 0.717) is 0 Å². The second kappa shape index (κ2) is 28.8. The molecule has 2 aliphatic carbocycles. The Morgan fingerprint density at radius 2 is 0.452 bits per heavy atom. The number of benzene rings is 22. The van der Waals surface area contributed by atoms with Gasteiger partial charge in [-0.25, -0.2) is 0 Å². The van der Waals surface area contributed by atoms with Crippen LogP contribution in [0.2, 0.25) is 0 Å².